The van der Waals surface area contributed by atoms with Gasteiger partial charge in [-0.15, -0.1) is 22.7 Å². The third kappa shape index (κ3) is 5.32. The zero-order valence-electron chi connectivity index (χ0n) is 31.6. The smallest absolute Gasteiger partial charge is 0.269 e. The molecule has 4 aromatic rings. The molecule has 1 saturated heterocycles. The molecule has 2 aromatic heterocycles. The van der Waals surface area contributed by atoms with Crippen molar-refractivity contribution in [1.82, 2.24) is 0 Å². The van der Waals surface area contributed by atoms with Gasteiger partial charge >= 0.3 is 0 Å². The van der Waals surface area contributed by atoms with E-state index in [1.807, 2.05) is 44.4 Å². The molecule has 9 fully saturated rings. The van der Waals surface area contributed by atoms with E-state index in [4.69, 9.17) is 28.7 Å². The van der Waals surface area contributed by atoms with Crippen LogP contribution in [0.4, 0.5) is 0 Å². The Labute approximate surface area is 316 Å². The molecule has 8 heteroatoms. The van der Waals surface area contributed by atoms with E-state index >= 15 is 0 Å². The quantitative estimate of drug-likeness (QED) is 0.145. The summed E-state index contributed by atoms with van der Waals surface area (Å²) in [5.41, 5.74) is 1.34. The fourth-order valence-electron chi connectivity index (χ4n) is 12.3. The van der Waals surface area contributed by atoms with Crippen LogP contribution in [0.1, 0.15) is 87.8 Å². The van der Waals surface area contributed by atoms with Crippen LogP contribution < -0.4 is 9.47 Å². The third-order valence-corrected chi connectivity index (χ3v) is 16.2. The molecular weight excluding hydrogens is 689 g/mol. The Morgan fingerprint density at radius 1 is 0.615 bits per heavy atom. The van der Waals surface area contributed by atoms with Crippen molar-refractivity contribution < 1.29 is 28.7 Å². The van der Waals surface area contributed by atoms with Gasteiger partial charge in [-0.1, -0.05) is 13.8 Å². The lowest BCUT2D eigenvalue weighted by molar-refractivity contribution is -0.644. The van der Waals surface area contributed by atoms with Crippen molar-refractivity contribution in [2.75, 3.05) is 28.4 Å². The summed E-state index contributed by atoms with van der Waals surface area (Å²) in [7, 11) is 7.07. The first kappa shape index (κ1) is 35.1. The van der Waals surface area contributed by atoms with Crippen LogP contribution in [-0.4, -0.2) is 34.0 Å². The molecule has 1 spiro atoms. The number of hydrogen-bond donors (Lipinski definition) is 0. The first-order valence-corrected chi connectivity index (χ1v) is 21.4. The summed E-state index contributed by atoms with van der Waals surface area (Å²) in [6, 6.07) is 17.1. The van der Waals surface area contributed by atoms with Crippen LogP contribution >= 0.6 is 22.7 Å². The van der Waals surface area contributed by atoms with E-state index in [2.05, 4.69) is 36.4 Å². The fourth-order valence-corrected chi connectivity index (χ4v) is 14.6. The number of methoxy groups -OCH3 is 4. The van der Waals surface area contributed by atoms with E-state index in [-0.39, 0.29) is 5.60 Å². The molecule has 0 amide bonds. The summed E-state index contributed by atoms with van der Waals surface area (Å²) in [5, 5.41) is 2.43. The van der Waals surface area contributed by atoms with Gasteiger partial charge in [0, 0.05) is 16.5 Å². The maximum Gasteiger partial charge on any atom is 0.269 e. The predicted octanol–water partition coefficient (Wildman–Crippen LogP) is 11.6. The minimum absolute atomic E-state index is 0.305. The second kappa shape index (κ2) is 13.6. The molecule has 278 valence electrons. The SMILES string of the molecule is CC.COC(=C1C2CC3CC(C2)CC1C3)c1cc2cc(OC)ccc2s1.COc1ccc2sc(C3(OC)OOC34C3CC5CC(C3)CC4C5)cc2c1. The fraction of sp³-hybridized carbons (Fsp3) is 0.591. The zero-order valence-corrected chi connectivity index (χ0v) is 33.2. The van der Waals surface area contributed by atoms with E-state index in [0.717, 1.165) is 51.9 Å². The molecule has 8 saturated carbocycles. The van der Waals surface area contributed by atoms with Crippen LogP contribution in [0.5, 0.6) is 11.5 Å². The van der Waals surface area contributed by atoms with Gasteiger partial charge in [-0.3, -0.25) is 0 Å². The molecule has 52 heavy (non-hydrogen) atoms. The highest BCUT2D eigenvalue weighted by Crippen LogP contribution is 2.70. The molecule has 1 atom stereocenters. The van der Waals surface area contributed by atoms with Crippen molar-refractivity contribution in [1.29, 1.82) is 0 Å². The van der Waals surface area contributed by atoms with Crippen LogP contribution in [-0.2, 0) is 25.0 Å². The number of thiophene rings is 2. The molecule has 13 rings (SSSR count). The summed E-state index contributed by atoms with van der Waals surface area (Å²) in [5.74, 6) is 8.61. The van der Waals surface area contributed by atoms with Crippen molar-refractivity contribution in [2.45, 2.75) is 89.4 Å². The highest BCUT2D eigenvalue weighted by atomic mass is 32.1. The van der Waals surface area contributed by atoms with Gasteiger partial charge in [0.15, 0.2) is 5.60 Å². The van der Waals surface area contributed by atoms with Gasteiger partial charge in [0.05, 0.1) is 31.1 Å². The van der Waals surface area contributed by atoms with Crippen LogP contribution in [0.2, 0.25) is 0 Å². The lowest BCUT2D eigenvalue weighted by Crippen LogP contribution is -2.76. The molecular formula is C44H54O6S2. The van der Waals surface area contributed by atoms with Crippen molar-refractivity contribution in [3.8, 4) is 11.5 Å². The minimum Gasteiger partial charge on any atom is -0.497 e. The zero-order chi connectivity index (χ0) is 35.8. The number of allylic oxidation sites excluding steroid dienone is 1. The predicted molar refractivity (Wildman–Crippen MR) is 210 cm³/mol. The molecule has 0 radical (unpaired) electrons. The molecule has 9 aliphatic rings. The van der Waals surface area contributed by atoms with Crippen molar-refractivity contribution in [3.05, 3.63) is 63.9 Å². The Hall–Kier alpha value is -2.62. The van der Waals surface area contributed by atoms with Gasteiger partial charge in [-0.25, -0.2) is 4.89 Å². The highest BCUT2D eigenvalue weighted by molar-refractivity contribution is 7.20. The molecule has 8 bridgehead atoms. The van der Waals surface area contributed by atoms with Gasteiger partial charge in [-0.05, 0) is 176 Å². The Kier molecular flexibility index (Phi) is 9.18. The number of hydrogen-bond acceptors (Lipinski definition) is 8. The Bertz CT molecular complexity index is 1910. The number of ether oxygens (including phenoxy) is 4. The lowest BCUT2D eigenvalue weighted by Gasteiger charge is -2.68. The van der Waals surface area contributed by atoms with E-state index in [1.54, 1.807) is 38.2 Å². The average Bonchev–Trinajstić information content (AvgIpc) is 3.77. The molecule has 2 aromatic carbocycles. The minimum atomic E-state index is -0.757. The Morgan fingerprint density at radius 3 is 1.62 bits per heavy atom. The van der Waals surface area contributed by atoms with Crippen molar-refractivity contribution >= 4 is 48.6 Å². The summed E-state index contributed by atoms with van der Waals surface area (Å²) in [4.78, 5) is 14.4. The number of rotatable bonds is 6. The monoisotopic (exact) mass is 742 g/mol. The van der Waals surface area contributed by atoms with Gasteiger partial charge in [0.2, 0.25) is 0 Å². The molecule has 6 nitrogen and oxygen atoms in total. The normalized spacial score (nSPS) is 35.9. The average molecular weight is 743 g/mol. The number of benzene rings is 2. The molecule has 0 N–H and O–H groups in total. The van der Waals surface area contributed by atoms with E-state index in [9.17, 15) is 0 Å². The molecule has 3 heterocycles. The maximum atomic E-state index is 6.16. The second-order valence-corrected chi connectivity index (χ2v) is 18.6. The molecule has 8 aliphatic carbocycles. The third-order valence-electron chi connectivity index (χ3n) is 13.9. The Balaban J connectivity index is 0.000000133. The van der Waals surface area contributed by atoms with Gasteiger partial charge in [-0.2, -0.15) is 4.89 Å². The van der Waals surface area contributed by atoms with Gasteiger partial charge < -0.3 is 18.9 Å². The standard InChI is InChI=1S/C21H24O4S.C21H24O2S.C2H6/c1-22-17-3-4-18-14(10-17)11-19(26-18)21(23-2)20(24-25-21)15-6-12-5-13(8-15)9-16(20)7-12;1-22-17-3-4-18-14(10-17)11-19(24-18)21(23-2)20-15-6-12-5-13(8-15)9-16(20)7-12;1-2/h3-4,10-13,15-16H,5-9H2,1-2H3;3-4,10-13,15-16H,5-9H2,1-2H3;1-2H3. The largest absolute Gasteiger partial charge is 0.497 e. The van der Waals surface area contributed by atoms with Crippen LogP contribution in [0.3, 0.4) is 0 Å². The second-order valence-electron chi connectivity index (χ2n) is 16.4. The maximum absolute atomic E-state index is 6.16. The number of fused-ring (bicyclic) bond motifs is 2. The van der Waals surface area contributed by atoms with Crippen molar-refractivity contribution in [2.24, 2.45) is 47.3 Å². The lowest BCUT2D eigenvalue weighted by atomic mass is 9.47. The van der Waals surface area contributed by atoms with E-state index in [1.165, 1.54) is 95.0 Å². The van der Waals surface area contributed by atoms with Crippen LogP contribution in [0.15, 0.2) is 54.1 Å². The topological polar surface area (TPSA) is 55.4 Å². The molecule has 1 aliphatic heterocycles. The van der Waals surface area contributed by atoms with Crippen molar-refractivity contribution in [3.63, 3.8) is 0 Å². The summed E-state index contributed by atoms with van der Waals surface area (Å²) in [6.45, 7) is 4.00. The van der Waals surface area contributed by atoms with Gasteiger partial charge in [0.1, 0.15) is 17.3 Å². The van der Waals surface area contributed by atoms with E-state index < -0.39 is 5.79 Å². The summed E-state index contributed by atoms with van der Waals surface area (Å²) < 4.78 is 25.5. The van der Waals surface area contributed by atoms with Crippen LogP contribution in [0.25, 0.3) is 25.9 Å². The van der Waals surface area contributed by atoms with Gasteiger partial charge in [0.25, 0.3) is 5.79 Å². The Morgan fingerprint density at radius 2 is 1.13 bits per heavy atom. The first-order chi connectivity index (χ1) is 25.4. The summed E-state index contributed by atoms with van der Waals surface area (Å²) >= 11 is 3.61. The molecule has 1 unspecified atom stereocenters. The van der Waals surface area contributed by atoms with E-state index in [0.29, 0.717) is 11.8 Å². The summed E-state index contributed by atoms with van der Waals surface area (Å²) in [6.07, 6.45) is 13.6. The van der Waals surface area contributed by atoms with Crippen LogP contribution in [0, 0.1) is 47.3 Å². The highest BCUT2D eigenvalue weighted by Gasteiger charge is 2.77. The first-order valence-electron chi connectivity index (χ1n) is 19.8.